The van der Waals surface area contributed by atoms with Gasteiger partial charge < -0.3 is 10.2 Å². The van der Waals surface area contributed by atoms with Crippen molar-refractivity contribution >= 4 is 28.8 Å². The van der Waals surface area contributed by atoms with Gasteiger partial charge in [-0.1, -0.05) is 12.1 Å². The second-order valence-corrected chi connectivity index (χ2v) is 7.61. The van der Waals surface area contributed by atoms with Crippen LogP contribution in [0.5, 0.6) is 0 Å². The van der Waals surface area contributed by atoms with Gasteiger partial charge in [0.2, 0.25) is 0 Å². The molecule has 1 aromatic heterocycles. The van der Waals surface area contributed by atoms with Crippen LogP contribution in [0, 0.1) is 20.2 Å². The summed E-state index contributed by atoms with van der Waals surface area (Å²) >= 11 is 0. The predicted molar refractivity (Wildman–Crippen MR) is 121 cm³/mol. The highest BCUT2D eigenvalue weighted by atomic mass is 16.6. The highest BCUT2D eigenvalue weighted by Crippen LogP contribution is 2.26. The lowest BCUT2D eigenvalue weighted by molar-refractivity contribution is -0.394. The smallest absolute Gasteiger partial charge is 0.277 e. The highest BCUT2D eigenvalue weighted by molar-refractivity contribution is 6.05. The molecule has 0 bridgehead atoms. The van der Waals surface area contributed by atoms with Crippen molar-refractivity contribution in [2.45, 2.75) is 19.3 Å². The molecular weight excluding hydrogens is 428 g/mol. The van der Waals surface area contributed by atoms with Crippen molar-refractivity contribution in [2.75, 3.05) is 23.3 Å². The van der Waals surface area contributed by atoms with Gasteiger partial charge in [0.25, 0.3) is 17.3 Å². The third-order valence-corrected chi connectivity index (χ3v) is 5.33. The van der Waals surface area contributed by atoms with E-state index in [9.17, 15) is 25.0 Å². The normalized spacial score (nSPS) is 13.4. The van der Waals surface area contributed by atoms with Gasteiger partial charge in [-0.15, -0.1) is 10.2 Å². The van der Waals surface area contributed by atoms with E-state index in [-0.39, 0.29) is 5.56 Å². The monoisotopic (exact) mass is 448 g/mol. The molecule has 168 valence electrons. The van der Waals surface area contributed by atoms with Crippen LogP contribution < -0.4 is 10.2 Å². The summed E-state index contributed by atoms with van der Waals surface area (Å²) in [5, 5.41) is 33.4. The summed E-state index contributed by atoms with van der Waals surface area (Å²) in [4.78, 5) is 35.4. The average Bonchev–Trinajstić information content (AvgIpc) is 2.84. The minimum atomic E-state index is -0.781. The van der Waals surface area contributed by atoms with Crippen LogP contribution in [0.4, 0.5) is 22.9 Å². The number of anilines is 2. The number of hydrogen-bond donors (Lipinski definition) is 1. The number of amides is 1. The van der Waals surface area contributed by atoms with E-state index in [2.05, 4.69) is 20.4 Å². The molecule has 11 nitrogen and oxygen atoms in total. The van der Waals surface area contributed by atoms with Crippen molar-refractivity contribution in [1.82, 2.24) is 10.2 Å². The Balaban J connectivity index is 1.53. The number of carbonyl (C=O) groups is 1. The Morgan fingerprint density at radius 3 is 2.18 bits per heavy atom. The standard InChI is InChI=1S/C22H20N6O5/c29-22(16-12-18(27(30)31)14-19(13-16)28(32)33)23-17-6-4-5-15(11-17)20-7-8-21(25-24-20)26-9-2-1-3-10-26/h4-8,11-14H,1-3,9-10H2,(H,23,29). The summed E-state index contributed by atoms with van der Waals surface area (Å²) < 4.78 is 0. The Kier molecular flexibility index (Phi) is 6.20. The average molecular weight is 448 g/mol. The molecule has 4 rings (SSSR count). The van der Waals surface area contributed by atoms with Crippen LogP contribution in [0.3, 0.4) is 0 Å². The predicted octanol–water partition coefficient (Wildman–Crippen LogP) is 4.20. The molecule has 0 aliphatic carbocycles. The van der Waals surface area contributed by atoms with Gasteiger partial charge in [0.1, 0.15) is 0 Å². The molecule has 33 heavy (non-hydrogen) atoms. The van der Waals surface area contributed by atoms with Crippen LogP contribution in [-0.2, 0) is 0 Å². The van der Waals surface area contributed by atoms with Gasteiger partial charge in [0.05, 0.1) is 27.2 Å². The summed E-state index contributed by atoms with van der Waals surface area (Å²) in [7, 11) is 0. The number of nitrogens with zero attached hydrogens (tertiary/aromatic N) is 5. The molecule has 1 aliphatic rings. The van der Waals surface area contributed by atoms with Crippen molar-refractivity contribution < 1.29 is 14.6 Å². The molecule has 1 amide bonds. The van der Waals surface area contributed by atoms with Crippen LogP contribution in [-0.4, -0.2) is 39.0 Å². The number of non-ortho nitro benzene ring substituents is 2. The van der Waals surface area contributed by atoms with Crippen LogP contribution in [0.25, 0.3) is 11.3 Å². The van der Waals surface area contributed by atoms with E-state index in [0.717, 1.165) is 55.5 Å². The number of rotatable bonds is 6. The third kappa shape index (κ3) is 5.09. The molecular formula is C22H20N6O5. The first-order chi connectivity index (χ1) is 15.9. The van der Waals surface area contributed by atoms with Gasteiger partial charge in [-0.3, -0.25) is 25.0 Å². The summed E-state index contributed by atoms with van der Waals surface area (Å²) in [6, 6.07) is 13.5. The molecule has 1 N–H and O–H groups in total. The minimum absolute atomic E-state index is 0.188. The summed E-state index contributed by atoms with van der Waals surface area (Å²) in [6.07, 6.45) is 3.50. The van der Waals surface area contributed by atoms with E-state index in [4.69, 9.17) is 0 Å². The first-order valence-electron chi connectivity index (χ1n) is 10.3. The van der Waals surface area contributed by atoms with E-state index >= 15 is 0 Å². The fraction of sp³-hybridized carbons (Fsp3) is 0.227. The molecule has 0 radical (unpaired) electrons. The number of piperidine rings is 1. The van der Waals surface area contributed by atoms with Crippen molar-refractivity contribution in [3.05, 3.63) is 80.4 Å². The van der Waals surface area contributed by atoms with Crippen molar-refractivity contribution in [3.8, 4) is 11.3 Å². The van der Waals surface area contributed by atoms with Gasteiger partial charge in [-0.2, -0.15) is 0 Å². The van der Waals surface area contributed by atoms with Gasteiger partial charge in [-0.05, 0) is 43.5 Å². The molecule has 0 unspecified atom stereocenters. The molecule has 1 fully saturated rings. The minimum Gasteiger partial charge on any atom is -0.355 e. The number of aromatic nitrogens is 2. The summed E-state index contributed by atoms with van der Waals surface area (Å²) in [6.45, 7) is 1.93. The van der Waals surface area contributed by atoms with E-state index in [0.29, 0.717) is 11.4 Å². The highest BCUT2D eigenvalue weighted by Gasteiger charge is 2.20. The molecule has 0 saturated carbocycles. The lowest BCUT2D eigenvalue weighted by Gasteiger charge is -2.27. The Labute approximate surface area is 188 Å². The Hall–Kier alpha value is -4.41. The fourth-order valence-electron chi connectivity index (χ4n) is 3.67. The number of nitro benzene ring substituents is 2. The van der Waals surface area contributed by atoms with Crippen molar-refractivity contribution in [3.63, 3.8) is 0 Å². The number of carbonyl (C=O) groups excluding carboxylic acids is 1. The third-order valence-electron chi connectivity index (χ3n) is 5.33. The zero-order valence-electron chi connectivity index (χ0n) is 17.5. The van der Waals surface area contributed by atoms with Crippen LogP contribution in [0.15, 0.2) is 54.6 Å². The number of hydrogen-bond acceptors (Lipinski definition) is 8. The maximum atomic E-state index is 12.6. The van der Waals surface area contributed by atoms with E-state index in [1.807, 2.05) is 18.2 Å². The molecule has 1 saturated heterocycles. The fourth-order valence-corrected chi connectivity index (χ4v) is 3.67. The van der Waals surface area contributed by atoms with Crippen LogP contribution in [0.1, 0.15) is 29.6 Å². The Morgan fingerprint density at radius 1 is 0.879 bits per heavy atom. The lowest BCUT2D eigenvalue weighted by atomic mass is 10.1. The SMILES string of the molecule is O=C(Nc1cccc(-c2ccc(N3CCCCC3)nn2)c1)c1cc([N+](=O)[O-])cc([N+](=O)[O-])c1. The number of nitrogens with one attached hydrogen (secondary N) is 1. The van der Waals surface area contributed by atoms with Crippen molar-refractivity contribution in [1.29, 1.82) is 0 Å². The number of nitro groups is 2. The molecule has 0 spiro atoms. The topological polar surface area (TPSA) is 144 Å². The van der Waals surface area contributed by atoms with E-state index in [1.165, 1.54) is 6.42 Å². The zero-order chi connectivity index (χ0) is 23.4. The van der Waals surface area contributed by atoms with Crippen molar-refractivity contribution in [2.24, 2.45) is 0 Å². The number of benzene rings is 2. The summed E-state index contributed by atoms with van der Waals surface area (Å²) in [5.41, 5.74) is 0.494. The maximum Gasteiger partial charge on any atom is 0.277 e. The molecule has 1 aliphatic heterocycles. The summed E-state index contributed by atoms with van der Waals surface area (Å²) in [5.74, 6) is 0.126. The zero-order valence-corrected chi connectivity index (χ0v) is 17.5. The molecule has 2 heterocycles. The van der Waals surface area contributed by atoms with Gasteiger partial charge in [0, 0.05) is 36.5 Å². The molecule has 0 atom stereocenters. The first kappa shape index (κ1) is 21.8. The van der Waals surface area contributed by atoms with Gasteiger partial charge in [0.15, 0.2) is 5.82 Å². The Morgan fingerprint density at radius 2 is 1.58 bits per heavy atom. The second-order valence-electron chi connectivity index (χ2n) is 7.61. The van der Waals surface area contributed by atoms with Crippen LogP contribution in [0.2, 0.25) is 0 Å². The molecule has 2 aromatic carbocycles. The van der Waals surface area contributed by atoms with Gasteiger partial charge in [-0.25, -0.2) is 0 Å². The molecule has 11 heteroatoms. The molecule has 3 aromatic rings. The lowest BCUT2D eigenvalue weighted by Crippen LogP contribution is -2.30. The first-order valence-corrected chi connectivity index (χ1v) is 10.3. The Bertz CT molecular complexity index is 1180. The maximum absolute atomic E-state index is 12.6. The van der Waals surface area contributed by atoms with E-state index in [1.54, 1.807) is 18.2 Å². The largest absolute Gasteiger partial charge is 0.355 e. The second kappa shape index (κ2) is 9.39. The van der Waals surface area contributed by atoms with Gasteiger partial charge >= 0.3 is 0 Å². The quantitative estimate of drug-likeness (QED) is 0.436. The van der Waals surface area contributed by atoms with E-state index < -0.39 is 27.1 Å². The van der Waals surface area contributed by atoms with Crippen LogP contribution >= 0.6 is 0 Å².